The molecule has 0 aliphatic rings. The van der Waals surface area contributed by atoms with Gasteiger partial charge in [0.2, 0.25) is 0 Å². The number of aliphatic hydroxyl groups is 1. The molecule has 0 aromatic carbocycles. The van der Waals surface area contributed by atoms with Gasteiger partial charge in [0.15, 0.2) is 0 Å². The molecular formula is C20H38O3. The van der Waals surface area contributed by atoms with Crippen molar-refractivity contribution in [3.8, 4) is 0 Å². The first-order valence-electron chi connectivity index (χ1n) is 9.71. The first-order valence-corrected chi connectivity index (χ1v) is 9.71. The standard InChI is InChI=1S/C20H38O3/c1-2-3-13-16-19(21)17-14-11-9-7-5-4-6-8-10-12-15-18-20(22)23/h11,14,19,21H,2-10,12-13,15-18H2,1H3,(H,22,23). The highest BCUT2D eigenvalue weighted by atomic mass is 16.4. The highest BCUT2D eigenvalue weighted by molar-refractivity contribution is 5.66. The van der Waals surface area contributed by atoms with Crippen LogP contribution < -0.4 is 0 Å². The number of hydrogen-bond donors (Lipinski definition) is 2. The molecule has 0 aromatic rings. The zero-order valence-electron chi connectivity index (χ0n) is 15.1. The molecule has 0 saturated carbocycles. The van der Waals surface area contributed by atoms with Gasteiger partial charge in [-0.25, -0.2) is 0 Å². The van der Waals surface area contributed by atoms with Crippen LogP contribution in [0.1, 0.15) is 103 Å². The van der Waals surface area contributed by atoms with Crippen LogP contribution in [0.4, 0.5) is 0 Å². The van der Waals surface area contributed by atoms with Crippen LogP contribution in [0.2, 0.25) is 0 Å². The topological polar surface area (TPSA) is 57.5 Å². The molecule has 3 nitrogen and oxygen atoms in total. The largest absolute Gasteiger partial charge is 0.481 e. The number of aliphatic carboxylic acids is 1. The van der Waals surface area contributed by atoms with Crippen LogP contribution in [-0.4, -0.2) is 22.3 Å². The maximum absolute atomic E-state index is 10.4. The van der Waals surface area contributed by atoms with Crippen LogP contribution in [0.3, 0.4) is 0 Å². The molecule has 0 bridgehead atoms. The van der Waals surface area contributed by atoms with Crippen LogP contribution in [0.25, 0.3) is 0 Å². The van der Waals surface area contributed by atoms with Gasteiger partial charge in [-0.3, -0.25) is 4.79 Å². The second-order valence-corrected chi connectivity index (χ2v) is 6.62. The molecular weight excluding hydrogens is 288 g/mol. The van der Waals surface area contributed by atoms with Crippen LogP contribution >= 0.6 is 0 Å². The summed E-state index contributed by atoms with van der Waals surface area (Å²) < 4.78 is 0. The minimum absolute atomic E-state index is 0.154. The molecule has 1 unspecified atom stereocenters. The Bertz CT molecular complexity index is 287. The summed E-state index contributed by atoms with van der Waals surface area (Å²) >= 11 is 0. The van der Waals surface area contributed by atoms with E-state index in [4.69, 9.17) is 5.11 Å². The summed E-state index contributed by atoms with van der Waals surface area (Å²) in [5.74, 6) is -0.675. The fourth-order valence-electron chi connectivity index (χ4n) is 2.72. The van der Waals surface area contributed by atoms with Crippen molar-refractivity contribution < 1.29 is 15.0 Å². The monoisotopic (exact) mass is 326 g/mol. The van der Waals surface area contributed by atoms with Gasteiger partial charge in [0.05, 0.1) is 6.10 Å². The molecule has 0 radical (unpaired) electrons. The molecule has 0 spiro atoms. The molecule has 3 heteroatoms. The lowest BCUT2D eigenvalue weighted by Gasteiger charge is -2.06. The lowest BCUT2D eigenvalue weighted by Crippen LogP contribution is -2.04. The summed E-state index contributed by atoms with van der Waals surface area (Å²) in [6.07, 6.45) is 20.3. The van der Waals surface area contributed by atoms with Crippen molar-refractivity contribution in [2.45, 2.75) is 109 Å². The second-order valence-electron chi connectivity index (χ2n) is 6.62. The first-order chi connectivity index (χ1) is 11.2. The lowest BCUT2D eigenvalue weighted by atomic mass is 10.1. The average molecular weight is 327 g/mol. The van der Waals surface area contributed by atoms with E-state index >= 15 is 0 Å². The van der Waals surface area contributed by atoms with E-state index < -0.39 is 5.97 Å². The first kappa shape index (κ1) is 22.2. The number of allylic oxidation sites excluding steroid dienone is 1. The van der Waals surface area contributed by atoms with E-state index in [9.17, 15) is 9.90 Å². The van der Waals surface area contributed by atoms with Gasteiger partial charge in [-0.15, -0.1) is 0 Å². The highest BCUT2D eigenvalue weighted by Gasteiger charge is 2.00. The zero-order valence-corrected chi connectivity index (χ0v) is 15.1. The summed E-state index contributed by atoms with van der Waals surface area (Å²) in [7, 11) is 0. The Hall–Kier alpha value is -0.830. The van der Waals surface area contributed by atoms with Gasteiger partial charge in [0.25, 0.3) is 0 Å². The number of carbonyl (C=O) groups is 1. The summed E-state index contributed by atoms with van der Waals surface area (Å²) in [5.41, 5.74) is 0. The minimum Gasteiger partial charge on any atom is -0.481 e. The Morgan fingerprint density at radius 2 is 1.48 bits per heavy atom. The van der Waals surface area contributed by atoms with Gasteiger partial charge in [-0.05, 0) is 32.1 Å². The van der Waals surface area contributed by atoms with Crippen LogP contribution in [0.5, 0.6) is 0 Å². The molecule has 0 aromatic heterocycles. The van der Waals surface area contributed by atoms with Gasteiger partial charge in [-0.1, -0.05) is 76.9 Å². The highest BCUT2D eigenvalue weighted by Crippen LogP contribution is 2.11. The second kappa shape index (κ2) is 17.5. The van der Waals surface area contributed by atoms with E-state index in [1.807, 2.05) is 0 Å². The molecule has 23 heavy (non-hydrogen) atoms. The van der Waals surface area contributed by atoms with Crippen molar-refractivity contribution in [3.05, 3.63) is 12.2 Å². The number of unbranched alkanes of at least 4 members (excludes halogenated alkanes) is 10. The molecule has 2 N–H and O–H groups in total. The third kappa shape index (κ3) is 19.1. The Labute approximate surface area is 143 Å². The van der Waals surface area contributed by atoms with Crippen molar-refractivity contribution in [2.75, 3.05) is 0 Å². The summed E-state index contributed by atoms with van der Waals surface area (Å²) in [4.78, 5) is 10.4. The number of aliphatic hydroxyl groups excluding tert-OH is 1. The van der Waals surface area contributed by atoms with E-state index in [1.165, 1.54) is 51.4 Å². The minimum atomic E-state index is -0.675. The normalized spacial score (nSPS) is 12.8. The van der Waals surface area contributed by atoms with Crippen molar-refractivity contribution in [1.82, 2.24) is 0 Å². The molecule has 0 aliphatic carbocycles. The lowest BCUT2D eigenvalue weighted by molar-refractivity contribution is -0.137. The Kier molecular flexibility index (Phi) is 16.9. The Morgan fingerprint density at radius 1 is 0.870 bits per heavy atom. The SMILES string of the molecule is CCCCCC(O)CC=CCCCCCCCCCCC(=O)O. The number of rotatable bonds is 17. The summed E-state index contributed by atoms with van der Waals surface area (Å²) in [5, 5.41) is 18.3. The third-order valence-corrected chi connectivity index (χ3v) is 4.23. The molecule has 0 aliphatic heterocycles. The van der Waals surface area contributed by atoms with Gasteiger partial charge in [0, 0.05) is 6.42 Å². The van der Waals surface area contributed by atoms with Gasteiger partial charge >= 0.3 is 5.97 Å². The fraction of sp³-hybridized carbons (Fsp3) is 0.850. The van der Waals surface area contributed by atoms with Crippen molar-refractivity contribution in [2.24, 2.45) is 0 Å². The van der Waals surface area contributed by atoms with Crippen LogP contribution in [0.15, 0.2) is 12.2 Å². The maximum atomic E-state index is 10.4. The zero-order chi connectivity index (χ0) is 17.2. The van der Waals surface area contributed by atoms with E-state index in [-0.39, 0.29) is 6.10 Å². The molecule has 0 heterocycles. The van der Waals surface area contributed by atoms with Gasteiger partial charge < -0.3 is 10.2 Å². The van der Waals surface area contributed by atoms with Gasteiger partial charge in [-0.2, -0.15) is 0 Å². The van der Waals surface area contributed by atoms with Crippen molar-refractivity contribution in [3.63, 3.8) is 0 Å². The third-order valence-electron chi connectivity index (χ3n) is 4.23. The average Bonchev–Trinajstić information content (AvgIpc) is 2.51. The number of carboxylic acid groups (broad SMARTS) is 1. The molecule has 1 atom stereocenters. The van der Waals surface area contributed by atoms with E-state index in [1.54, 1.807) is 0 Å². The van der Waals surface area contributed by atoms with Crippen LogP contribution in [0, 0.1) is 0 Å². The molecule has 136 valence electrons. The smallest absolute Gasteiger partial charge is 0.303 e. The van der Waals surface area contributed by atoms with Crippen LogP contribution in [-0.2, 0) is 4.79 Å². The Morgan fingerprint density at radius 3 is 2.09 bits per heavy atom. The number of carboxylic acids is 1. The van der Waals surface area contributed by atoms with E-state index in [2.05, 4.69) is 19.1 Å². The maximum Gasteiger partial charge on any atom is 0.303 e. The molecule has 0 amide bonds. The quantitative estimate of drug-likeness (QED) is 0.260. The van der Waals surface area contributed by atoms with Gasteiger partial charge in [0.1, 0.15) is 0 Å². The number of hydrogen-bond acceptors (Lipinski definition) is 2. The predicted octanol–water partition coefficient (Wildman–Crippen LogP) is 5.86. The Balaban J connectivity index is 3.20. The molecule has 0 fully saturated rings. The van der Waals surface area contributed by atoms with Crippen molar-refractivity contribution >= 4 is 5.97 Å². The van der Waals surface area contributed by atoms with E-state index in [0.29, 0.717) is 6.42 Å². The van der Waals surface area contributed by atoms with Crippen molar-refractivity contribution in [1.29, 1.82) is 0 Å². The summed E-state index contributed by atoms with van der Waals surface area (Å²) in [6.45, 7) is 2.19. The predicted molar refractivity (Wildman–Crippen MR) is 97.7 cm³/mol. The summed E-state index contributed by atoms with van der Waals surface area (Å²) in [6, 6.07) is 0. The van der Waals surface area contributed by atoms with E-state index in [0.717, 1.165) is 38.5 Å². The molecule has 0 rings (SSSR count). The fourth-order valence-corrected chi connectivity index (χ4v) is 2.72. The molecule has 0 saturated heterocycles.